The van der Waals surface area contributed by atoms with Crippen molar-refractivity contribution in [3.05, 3.63) is 172 Å². The number of nitrogens with one attached hydrogen (secondary N) is 2. The molecule has 0 saturated heterocycles. The van der Waals surface area contributed by atoms with Gasteiger partial charge in [-0.2, -0.15) is 26.3 Å². The van der Waals surface area contributed by atoms with E-state index in [-0.39, 0.29) is 28.6 Å². The highest BCUT2D eigenvalue weighted by molar-refractivity contribution is 6.08. The summed E-state index contributed by atoms with van der Waals surface area (Å²) in [6.45, 7) is 0. The van der Waals surface area contributed by atoms with E-state index in [2.05, 4.69) is 14.8 Å². The molecular weight excluding hydrogens is 997 g/mol. The molecule has 0 atom stereocenters. The fraction of sp³-hybridized carbons (Fsp3) is 0.0909. The van der Waals surface area contributed by atoms with E-state index in [1.54, 1.807) is 0 Å². The maximum absolute atomic E-state index is 13.7. The van der Waals surface area contributed by atoms with Gasteiger partial charge in [-0.05, 0) is 109 Å². The highest BCUT2D eigenvalue weighted by atomic mass is 19.4. The van der Waals surface area contributed by atoms with Gasteiger partial charge in [0.25, 0.3) is 23.6 Å². The number of benzene rings is 6. The molecule has 0 fully saturated rings. The molecule has 0 unspecified atom stereocenters. The highest BCUT2D eigenvalue weighted by Gasteiger charge is 2.39. The van der Waals surface area contributed by atoms with Crippen molar-refractivity contribution in [1.82, 2.24) is 0 Å². The van der Waals surface area contributed by atoms with Crippen molar-refractivity contribution in [1.29, 1.82) is 0 Å². The number of primary amides is 2. The molecular formula is C44H27F15N4O8. The molecule has 6 rings (SSSR count). The number of carbonyl (C=O) groups is 4. The van der Waals surface area contributed by atoms with Crippen LogP contribution in [0.3, 0.4) is 0 Å². The molecule has 0 aliphatic rings. The second-order valence-electron chi connectivity index (χ2n) is 13.5. The van der Waals surface area contributed by atoms with Crippen molar-refractivity contribution in [2.45, 2.75) is 25.1 Å². The van der Waals surface area contributed by atoms with Gasteiger partial charge in [0.15, 0.2) is 0 Å². The number of phenols is 1. The number of rotatable bonds is 10. The largest absolute Gasteiger partial charge is 0.573 e. The quantitative estimate of drug-likeness (QED) is 0.0837. The number of nitrogens with two attached hydrogens (primary N) is 2. The van der Waals surface area contributed by atoms with Crippen LogP contribution in [0.4, 0.5) is 77.2 Å². The number of aromatic hydroxyl groups is 1. The standard InChI is InChI=1S/C22H13F7N2O4.C15H9F5N2O2.C7H5F3O2/c23-16-9-4-11(10-14(16)19(30)32)31-20(33)18-15(21(24,25)26)2-1-3-17(18)34-12-5-7-13(8-6-12)35-22(27,28)29;16-10-5-4-7(6-8(10)13(21)23)22-14(24)12-9(15(18,19)20)2-1-3-11(12)17;8-7(9,10)12-6-3-1-5(11)2-4-6/h1-10H,(H2,30,32)(H,31,33);1-6H,(H2,21,23)(H,22,24);1-4,11H. The number of halogens is 15. The van der Waals surface area contributed by atoms with Crippen LogP contribution < -0.4 is 36.3 Å². The van der Waals surface area contributed by atoms with Gasteiger partial charge in [-0.25, -0.2) is 13.2 Å². The zero-order valence-corrected chi connectivity index (χ0v) is 34.7. The first kappa shape index (κ1) is 55.0. The third kappa shape index (κ3) is 16.2. The predicted octanol–water partition coefficient (Wildman–Crippen LogP) is 11.5. The summed E-state index contributed by atoms with van der Waals surface area (Å²) >= 11 is 0. The maximum Gasteiger partial charge on any atom is 0.573 e. The maximum atomic E-state index is 13.7. The van der Waals surface area contributed by atoms with Crippen LogP contribution in [-0.4, -0.2) is 41.5 Å². The number of hydrogen-bond donors (Lipinski definition) is 5. The molecule has 0 heterocycles. The smallest absolute Gasteiger partial charge is 0.508 e. The fourth-order valence-corrected chi connectivity index (χ4v) is 5.53. The van der Waals surface area contributed by atoms with Gasteiger partial charge in [-0.3, -0.25) is 19.2 Å². The van der Waals surface area contributed by atoms with Crippen LogP contribution in [0.2, 0.25) is 0 Å². The molecule has 376 valence electrons. The number of anilines is 2. The van der Waals surface area contributed by atoms with Crippen LogP contribution in [0, 0.1) is 17.5 Å². The number of amides is 4. The molecule has 0 saturated carbocycles. The van der Waals surface area contributed by atoms with E-state index >= 15 is 0 Å². The first-order valence-electron chi connectivity index (χ1n) is 18.8. The lowest BCUT2D eigenvalue weighted by molar-refractivity contribution is -0.275. The Morgan fingerprint density at radius 1 is 0.465 bits per heavy atom. The lowest BCUT2D eigenvalue weighted by atomic mass is 10.0. The van der Waals surface area contributed by atoms with E-state index in [4.69, 9.17) is 21.3 Å². The Kier molecular flexibility index (Phi) is 17.2. The van der Waals surface area contributed by atoms with Crippen molar-refractivity contribution < 1.29 is 104 Å². The highest BCUT2D eigenvalue weighted by Crippen LogP contribution is 2.39. The van der Waals surface area contributed by atoms with Gasteiger partial charge in [0.1, 0.15) is 46.2 Å². The molecule has 0 spiro atoms. The van der Waals surface area contributed by atoms with Gasteiger partial charge in [0, 0.05) is 11.4 Å². The SMILES string of the molecule is NC(=O)c1cc(NC(=O)c2c(F)cccc2C(F)(F)F)ccc1F.NC(=O)c1cc(NC(=O)c2c(Oc3ccc(OC(F)(F)F)cc3)cccc2C(F)(F)F)ccc1F.Oc1ccc(OC(F)(F)F)cc1. The van der Waals surface area contributed by atoms with Crippen LogP contribution in [0.25, 0.3) is 0 Å². The summed E-state index contributed by atoms with van der Waals surface area (Å²) in [7, 11) is 0. The molecule has 0 radical (unpaired) electrons. The lowest BCUT2D eigenvalue weighted by Crippen LogP contribution is -2.21. The summed E-state index contributed by atoms with van der Waals surface area (Å²) in [5.74, 6) is -10.2. The summed E-state index contributed by atoms with van der Waals surface area (Å²) in [6.07, 6.45) is -19.6. The molecule has 0 aromatic heterocycles. The number of ether oxygens (including phenoxy) is 3. The van der Waals surface area contributed by atoms with E-state index in [1.807, 2.05) is 5.32 Å². The van der Waals surface area contributed by atoms with Gasteiger partial charge >= 0.3 is 25.1 Å². The first-order valence-corrected chi connectivity index (χ1v) is 18.8. The molecule has 6 aromatic rings. The molecule has 6 aromatic carbocycles. The molecule has 12 nitrogen and oxygen atoms in total. The van der Waals surface area contributed by atoms with E-state index in [0.717, 1.165) is 103 Å². The molecule has 0 aliphatic heterocycles. The Hall–Kier alpha value is -8.65. The van der Waals surface area contributed by atoms with Crippen molar-refractivity contribution in [3.8, 4) is 28.7 Å². The zero-order chi connectivity index (χ0) is 53.2. The summed E-state index contributed by atoms with van der Waals surface area (Å²) in [5.41, 5.74) is 3.30. The van der Waals surface area contributed by atoms with Gasteiger partial charge in [-0.1, -0.05) is 12.1 Å². The number of phenolic OH excluding ortho intramolecular Hbond substituents is 1. The monoisotopic (exact) mass is 1020 g/mol. The van der Waals surface area contributed by atoms with Crippen LogP contribution in [-0.2, 0) is 12.4 Å². The third-order valence-corrected chi connectivity index (χ3v) is 8.44. The Bertz CT molecular complexity index is 2890. The van der Waals surface area contributed by atoms with Crippen molar-refractivity contribution >= 4 is 35.0 Å². The normalized spacial score (nSPS) is 11.4. The lowest BCUT2D eigenvalue weighted by Gasteiger charge is -2.17. The Morgan fingerprint density at radius 2 is 0.845 bits per heavy atom. The molecule has 0 aliphatic carbocycles. The summed E-state index contributed by atoms with van der Waals surface area (Å²) < 4.78 is 204. The Morgan fingerprint density at radius 3 is 1.25 bits per heavy atom. The summed E-state index contributed by atoms with van der Waals surface area (Å²) in [5, 5.41) is 12.8. The topological polar surface area (TPSA) is 192 Å². The van der Waals surface area contributed by atoms with Gasteiger partial charge in [0.05, 0.1) is 33.4 Å². The third-order valence-electron chi connectivity index (χ3n) is 8.44. The molecule has 71 heavy (non-hydrogen) atoms. The molecule has 4 amide bonds. The predicted molar refractivity (Wildman–Crippen MR) is 217 cm³/mol. The average molecular weight is 1020 g/mol. The summed E-state index contributed by atoms with van der Waals surface area (Å²) in [4.78, 5) is 47.2. The number of carbonyl (C=O) groups excluding carboxylic acids is 4. The van der Waals surface area contributed by atoms with E-state index < -0.39 is 111 Å². The van der Waals surface area contributed by atoms with E-state index in [1.165, 1.54) is 0 Å². The van der Waals surface area contributed by atoms with Crippen molar-refractivity contribution in [3.63, 3.8) is 0 Å². The molecule has 0 bridgehead atoms. The minimum Gasteiger partial charge on any atom is -0.508 e. The zero-order valence-electron chi connectivity index (χ0n) is 34.7. The van der Waals surface area contributed by atoms with Gasteiger partial charge in [0.2, 0.25) is 0 Å². The second kappa shape index (κ2) is 22.2. The van der Waals surface area contributed by atoms with Crippen LogP contribution in [0.1, 0.15) is 52.6 Å². The fourth-order valence-electron chi connectivity index (χ4n) is 5.53. The van der Waals surface area contributed by atoms with E-state index in [0.29, 0.717) is 18.2 Å². The van der Waals surface area contributed by atoms with Crippen molar-refractivity contribution in [2.24, 2.45) is 11.5 Å². The average Bonchev–Trinajstić information content (AvgIpc) is 3.25. The van der Waals surface area contributed by atoms with Crippen LogP contribution in [0.5, 0.6) is 28.7 Å². The Labute approximate surface area is 387 Å². The van der Waals surface area contributed by atoms with Crippen LogP contribution in [0.15, 0.2) is 121 Å². The number of alkyl halides is 12. The summed E-state index contributed by atoms with van der Waals surface area (Å²) in [6, 6.07) is 17.9. The Balaban J connectivity index is 0.000000261. The number of hydrogen-bond acceptors (Lipinski definition) is 8. The van der Waals surface area contributed by atoms with Crippen molar-refractivity contribution in [2.75, 3.05) is 10.6 Å². The molecule has 27 heteroatoms. The molecule has 7 N–H and O–H groups in total. The second-order valence-corrected chi connectivity index (χ2v) is 13.5. The minimum absolute atomic E-state index is 0.107. The van der Waals surface area contributed by atoms with Gasteiger partial charge < -0.3 is 41.4 Å². The first-order chi connectivity index (χ1) is 32.8. The minimum atomic E-state index is -5.00. The van der Waals surface area contributed by atoms with Gasteiger partial charge in [-0.15, -0.1) is 26.3 Å². The van der Waals surface area contributed by atoms with E-state index in [9.17, 15) is 85.0 Å². The van der Waals surface area contributed by atoms with Crippen LogP contribution >= 0.6 is 0 Å².